The topological polar surface area (TPSA) is 128 Å². The van der Waals surface area contributed by atoms with Crippen molar-refractivity contribution in [2.75, 3.05) is 23.8 Å². The molecule has 0 bridgehead atoms. The second-order valence-corrected chi connectivity index (χ2v) is 6.58. The molecule has 33 heavy (non-hydrogen) atoms. The van der Waals surface area contributed by atoms with Crippen LogP contribution >= 0.6 is 0 Å². The number of nitrogens with one attached hydrogen (secondary N) is 2. The Balaban J connectivity index is 1.67. The van der Waals surface area contributed by atoms with Crippen LogP contribution in [0, 0.1) is 5.82 Å². The molecule has 0 aliphatic heterocycles. The van der Waals surface area contributed by atoms with Gasteiger partial charge < -0.3 is 24.5 Å². The lowest BCUT2D eigenvalue weighted by Crippen LogP contribution is -2.18. The van der Waals surface area contributed by atoms with Gasteiger partial charge in [-0.2, -0.15) is 15.0 Å². The van der Waals surface area contributed by atoms with E-state index in [2.05, 4.69) is 25.6 Å². The summed E-state index contributed by atoms with van der Waals surface area (Å²) in [5.41, 5.74) is 0.234. The molecule has 168 valence electrons. The van der Waals surface area contributed by atoms with Crippen molar-refractivity contribution in [3.8, 4) is 11.8 Å². The fourth-order valence-corrected chi connectivity index (χ4v) is 2.83. The molecular weight excluding hydrogens is 433 g/mol. The van der Waals surface area contributed by atoms with E-state index in [0.29, 0.717) is 16.7 Å². The summed E-state index contributed by atoms with van der Waals surface area (Å²) in [5.74, 6) is -0.640. The number of carbonyl (C=O) groups is 1. The number of fused-ring (bicyclic) bond motifs is 1. The highest BCUT2D eigenvalue weighted by atomic mass is 19.1. The van der Waals surface area contributed by atoms with Crippen molar-refractivity contribution in [1.29, 1.82) is 0 Å². The third-order valence-electron chi connectivity index (χ3n) is 4.22. The highest BCUT2D eigenvalue weighted by Gasteiger charge is 2.14. The Morgan fingerprint density at radius 2 is 1.82 bits per heavy atom. The van der Waals surface area contributed by atoms with Crippen molar-refractivity contribution in [3.63, 3.8) is 0 Å². The predicted molar refractivity (Wildman–Crippen MR) is 117 cm³/mol. The minimum absolute atomic E-state index is 0.0185. The summed E-state index contributed by atoms with van der Waals surface area (Å²) in [4.78, 5) is 36.2. The van der Waals surface area contributed by atoms with E-state index in [1.807, 2.05) is 0 Å². The van der Waals surface area contributed by atoms with Gasteiger partial charge in [0.05, 0.1) is 18.1 Å². The molecule has 0 radical (unpaired) electrons. The lowest BCUT2D eigenvalue weighted by atomic mass is 10.2. The van der Waals surface area contributed by atoms with Gasteiger partial charge in [-0.05, 0) is 43.3 Å². The van der Waals surface area contributed by atoms with Crippen molar-refractivity contribution in [2.24, 2.45) is 0 Å². The van der Waals surface area contributed by atoms with Gasteiger partial charge in [-0.15, -0.1) is 0 Å². The first-order valence-electron chi connectivity index (χ1n) is 9.89. The zero-order chi connectivity index (χ0) is 23.2. The molecular formula is C22H18FN5O5. The van der Waals surface area contributed by atoms with Crippen molar-refractivity contribution >= 4 is 34.5 Å². The van der Waals surface area contributed by atoms with Crippen LogP contribution in [0.2, 0.25) is 0 Å². The van der Waals surface area contributed by atoms with E-state index in [1.165, 1.54) is 30.3 Å². The van der Waals surface area contributed by atoms with E-state index < -0.39 is 17.4 Å². The lowest BCUT2D eigenvalue weighted by Gasteiger charge is -2.11. The summed E-state index contributed by atoms with van der Waals surface area (Å²) in [6, 6.07) is 13.4. The van der Waals surface area contributed by atoms with Gasteiger partial charge in [0.2, 0.25) is 11.9 Å². The van der Waals surface area contributed by atoms with Gasteiger partial charge in [0.1, 0.15) is 23.7 Å². The Morgan fingerprint density at radius 3 is 2.61 bits per heavy atom. The molecule has 2 aromatic heterocycles. The molecule has 0 unspecified atom stereocenters. The summed E-state index contributed by atoms with van der Waals surface area (Å²) >= 11 is 0. The molecule has 0 saturated carbocycles. The fraction of sp³-hybridized carbons (Fsp3) is 0.136. The number of benzene rings is 2. The van der Waals surface area contributed by atoms with Crippen LogP contribution in [0.15, 0.2) is 63.8 Å². The number of hydrogen-bond acceptors (Lipinski definition) is 10. The van der Waals surface area contributed by atoms with Crippen molar-refractivity contribution in [2.45, 2.75) is 6.92 Å². The first-order valence-corrected chi connectivity index (χ1v) is 9.89. The Kier molecular flexibility index (Phi) is 6.39. The highest BCUT2D eigenvalue weighted by Crippen LogP contribution is 2.28. The molecule has 0 saturated heterocycles. The van der Waals surface area contributed by atoms with E-state index in [1.54, 1.807) is 31.2 Å². The van der Waals surface area contributed by atoms with E-state index in [9.17, 15) is 14.0 Å². The van der Waals surface area contributed by atoms with Gasteiger partial charge in [-0.3, -0.25) is 4.79 Å². The summed E-state index contributed by atoms with van der Waals surface area (Å²) in [6.45, 7) is 1.73. The van der Waals surface area contributed by atoms with Crippen LogP contribution in [-0.2, 0) is 9.53 Å². The summed E-state index contributed by atoms with van der Waals surface area (Å²) < 4.78 is 29.1. The van der Waals surface area contributed by atoms with Crippen LogP contribution in [0.1, 0.15) is 6.92 Å². The Bertz CT molecular complexity index is 1340. The standard InChI is InChI=1S/C22H18FN5O5/c1-2-31-19(30)12-24-20-26-21(25-14-9-7-13(23)8-10-14)28-22(27-20)33-17-11-18(29)32-16-6-4-3-5-15(16)17/h3-11H,2,12H2,1H3,(H2,24,25,26,27,28). The van der Waals surface area contributed by atoms with Crippen LogP contribution in [-0.4, -0.2) is 34.1 Å². The van der Waals surface area contributed by atoms with E-state index >= 15 is 0 Å². The van der Waals surface area contributed by atoms with Gasteiger partial charge >= 0.3 is 17.6 Å². The molecule has 0 aliphatic carbocycles. The molecule has 2 heterocycles. The van der Waals surface area contributed by atoms with E-state index in [4.69, 9.17) is 13.9 Å². The number of aromatic nitrogens is 3. The molecule has 4 rings (SSSR count). The Morgan fingerprint density at radius 1 is 1.06 bits per heavy atom. The van der Waals surface area contributed by atoms with Gasteiger partial charge in [0.15, 0.2) is 0 Å². The van der Waals surface area contributed by atoms with Crippen molar-refractivity contribution in [3.05, 3.63) is 70.8 Å². The van der Waals surface area contributed by atoms with Gasteiger partial charge in [-0.1, -0.05) is 12.1 Å². The minimum Gasteiger partial charge on any atom is -0.465 e. The quantitative estimate of drug-likeness (QED) is 0.303. The maximum absolute atomic E-state index is 13.2. The van der Waals surface area contributed by atoms with Crippen LogP contribution < -0.4 is 21.0 Å². The highest BCUT2D eigenvalue weighted by molar-refractivity contribution is 5.83. The van der Waals surface area contributed by atoms with Gasteiger partial charge in [0.25, 0.3) is 0 Å². The second-order valence-electron chi connectivity index (χ2n) is 6.58. The molecule has 10 nitrogen and oxygen atoms in total. The fourth-order valence-electron chi connectivity index (χ4n) is 2.83. The predicted octanol–water partition coefficient (Wildman–Crippen LogP) is 3.63. The maximum atomic E-state index is 13.2. The molecule has 11 heteroatoms. The number of nitrogens with zero attached hydrogens (tertiary/aromatic N) is 3. The van der Waals surface area contributed by atoms with Crippen molar-refractivity contribution < 1.29 is 23.1 Å². The average Bonchev–Trinajstić information content (AvgIpc) is 2.79. The van der Waals surface area contributed by atoms with Crippen LogP contribution in [0.25, 0.3) is 11.0 Å². The van der Waals surface area contributed by atoms with Gasteiger partial charge in [0, 0.05) is 5.69 Å². The second kappa shape index (κ2) is 9.73. The summed E-state index contributed by atoms with van der Waals surface area (Å²) in [7, 11) is 0. The Labute approximate surface area is 186 Å². The number of esters is 1. The number of rotatable bonds is 8. The molecule has 0 amide bonds. The average molecular weight is 451 g/mol. The van der Waals surface area contributed by atoms with Crippen LogP contribution in [0.3, 0.4) is 0 Å². The minimum atomic E-state index is -0.608. The first kappa shape index (κ1) is 21.7. The van der Waals surface area contributed by atoms with Crippen molar-refractivity contribution in [1.82, 2.24) is 15.0 Å². The third-order valence-corrected chi connectivity index (χ3v) is 4.22. The number of carbonyl (C=O) groups excluding carboxylic acids is 1. The summed E-state index contributed by atoms with van der Waals surface area (Å²) in [6.07, 6.45) is 0. The summed E-state index contributed by atoms with van der Waals surface area (Å²) in [5, 5.41) is 6.19. The molecule has 2 aromatic carbocycles. The third kappa shape index (κ3) is 5.58. The lowest BCUT2D eigenvalue weighted by molar-refractivity contribution is -0.140. The number of anilines is 3. The molecule has 0 atom stereocenters. The smallest absolute Gasteiger partial charge is 0.339 e. The largest absolute Gasteiger partial charge is 0.465 e. The Hall–Kier alpha value is -4.54. The zero-order valence-electron chi connectivity index (χ0n) is 17.4. The maximum Gasteiger partial charge on any atom is 0.339 e. The molecule has 2 N–H and O–H groups in total. The molecule has 0 fully saturated rings. The number of hydrogen-bond donors (Lipinski definition) is 2. The van der Waals surface area contributed by atoms with Gasteiger partial charge in [-0.25, -0.2) is 9.18 Å². The number of ether oxygens (including phenoxy) is 2. The normalized spacial score (nSPS) is 10.6. The number of para-hydroxylation sites is 1. The zero-order valence-corrected chi connectivity index (χ0v) is 17.4. The molecule has 0 aliphatic rings. The SMILES string of the molecule is CCOC(=O)CNc1nc(Nc2ccc(F)cc2)nc(Oc2cc(=O)oc3ccccc23)n1. The monoisotopic (exact) mass is 451 g/mol. The van der Waals surface area contributed by atoms with E-state index in [0.717, 1.165) is 0 Å². The number of halogens is 1. The van der Waals surface area contributed by atoms with Crippen LogP contribution in [0.5, 0.6) is 11.8 Å². The van der Waals surface area contributed by atoms with Crippen LogP contribution in [0.4, 0.5) is 22.0 Å². The molecule has 4 aromatic rings. The first-order chi connectivity index (χ1) is 16.0. The molecule has 0 spiro atoms. The van der Waals surface area contributed by atoms with E-state index in [-0.39, 0.29) is 36.8 Å².